The lowest BCUT2D eigenvalue weighted by Gasteiger charge is -2.30. The Balaban J connectivity index is 1.97. The summed E-state index contributed by atoms with van der Waals surface area (Å²) in [7, 11) is 0. The van der Waals surface area contributed by atoms with Gasteiger partial charge < -0.3 is 15.2 Å². The second kappa shape index (κ2) is 4.06. The maximum atomic E-state index is 10.5. The highest BCUT2D eigenvalue weighted by atomic mass is 16.6. The topological polar surface area (TPSA) is 61.9 Å². The van der Waals surface area contributed by atoms with E-state index in [1.165, 1.54) is 0 Å². The minimum Gasteiger partial charge on any atom is -0.465 e. The molecule has 0 aromatic heterocycles. The molecular weight excluding hydrogens is 194 g/mol. The van der Waals surface area contributed by atoms with Gasteiger partial charge in [0.05, 0.1) is 12.7 Å². The van der Waals surface area contributed by atoms with Crippen LogP contribution in [-0.2, 0) is 4.74 Å². The molecule has 1 saturated heterocycles. The first-order valence-corrected chi connectivity index (χ1v) is 5.13. The molecule has 4 heteroatoms. The summed E-state index contributed by atoms with van der Waals surface area (Å²) in [6, 6.07) is 0. The van der Waals surface area contributed by atoms with E-state index in [1.54, 1.807) is 0 Å². The van der Waals surface area contributed by atoms with E-state index in [2.05, 4.69) is 17.5 Å². The van der Waals surface area contributed by atoms with Crippen molar-refractivity contribution in [1.82, 2.24) is 5.32 Å². The molecule has 82 valence electrons. The Morgan fingerprint density at radius 2 is 2.40 bits per heavy atom. The van der Waals surface area contributed by atoms with Gasteiger partial charge in [0.2, 0.25) is 0 Å². The number of hydrogen-bond donors (Lipinski definition) is 2. The third kappa shape index (κ3) is 2.83. The minimum atomic E-state index is -0.964. The van der Waals surface area contributed by atoms with Crippen molar-refractivity contribution >= 4 is 6.09 Å². The summed E-state index contributed by atoms with van der Waals surface area (Å²) in [5.74, 6) is 0. The minimum absolute atomic E-state index is 0.0890. The van der Waals surface area contributed by atoms with Crippen molar-refractivity contribution in [2.75, 3.05) is 13.2 Å². The molecule has 2 atom stereocenters. The van der Waals surface area contributed by atoms with Crippen LogP contribution in [0.25, 0.3) is 0 Å². The zero-order valence-corrected chi connectivity index (χ0v) is 8.48. The van der Waals surface area contributed by atoms with Gasteiger partial charge in [-0.25, -0.2) is 4.79 Å². The molecule has 2 rings (SSSR count). The van der Waals surface area contributed by atoms with E-state index in [9.17, 15) is 4.79 Å². The molecular formula is C11H15NO3. The van der Waals surface area contributed by atoms with Crippen LogP contribution in [0.15, 0.2) is 24.3 Å². The maximum absolute atomic E-state index is 10.5. The summed E-state index contributed by atoms with van der Waals surface area (Å²) < 4.78 is 5.21. The van der Waals surface area contributed by atoms with E-state index in [4.69, 9.17) is 9.84 Å². The van der Waals surface area contributed by atoms with Crippen molar-refractivity contribution in [3.8, 4) is 0 Å². The molecule has 15 heavy (non-hydrogen) atoms. The summed E-state index contributed by atoms with van der Waals surface area (Å²) in [6.07, 6.45) is 9.27. The quantitative estimate of drug-likeness (QED) is 0.690. The first kappa shape index (κ1) is 10.2. The van der Waals surface area contributed by atoms with Gasteiger partial charge in [-0.05, 0) is 12.8 Å². The van der Waals surface area contributed by atoms with Crippen LogP contribution in [0, 0.1) is 5.41 Å². The van der Waals surface area contributed by atoms with Crippen molar-refractivity contribution in [3.63, 3.8) is 0 Å². The summed E-state index contributed by atoms with van der Waals surface area (Å²) in [4.78, 5) is 10.5. The predicted octanol–water partition coefficient (Wildman–Crippen LogP) is 1.55. The second-order valence-corrected chi connectivity index (χ2v) is 4.17. The first-order valence-electron chi connectivity index (χ1n) is 5.13. The number of carbonyl (C=O) groups is 1. The number of carboxylic acid groups (broad SMARTS) is 1. The van der Waals surface area contributed by atoms with Gasteiger partial charge in [-0.3, -0.25) is 0 Å². The molecule has 1 amide bonds. The number of hydrogen-bond acceptors (Lipinski definition) is 2. The van der Waals surface area contributed by atoms with Crippen molar-refractivity contribution in [1.29, 1.82) is 0 Å². The average Bonchev–Trinajstić information content (AvgIpc) is 3.00. The first-order chi connectivity index (χ1) is 7.20. The molecule has 0 spiro atoms. The van der Waals surface area contributed by atoms with E-state index in [1.807, 2.05) is 12.2 Å². The van der Waals surface area contributed by atoms with Gasteiger partial charge in [0, 0.05) is 12.0 Å². The van der Waals surface area contributed by atoms with Gasteiger partial charge in [0.1, 0.15) is 0 Å². The highest BCUT2D eigenvalue weighted by molar-refractivity contribution is 5.64. The maximum Gasteiger partial charge on any atom is 0.404 e. The third-order valence-electron chi connectivity index (χ3n) is 2.85. The summed E-state index contributed by atoms with van der Waals surface area (Å²) >= 11 is 0. The summed E-state index contributed by atoms with van der Waals surface area (Å²) in [5.41, 5.74) is -0.0890. The van der Waals surface area contributed by atoms with Crippen LogP contribution in [0.4, 0.5) is 4.79 Å². The Kier molecular flexibility index (Phi) is 2.77. The van der Waals surface area contributed by atoms with E-state index >= 15 is 0 Å². The van der Waals surface area contributed by atoms with Crippen molar-refractivity contribution in [2.24, 2.45) is 5.41 Å². The van der Waals surface area contributed by atoms with Crippen LogP contribution in [0.2, 0.25) is 0 Å². The molecule has 2 N–H and O–H groups in total. The van der Waals surface area contributed by atoms with Crippen molar-refractivity contribution < 1.29 is 14.6 Å². The van der Waals surface area contributed by atoms with E-state index < -0.39 is 6.09 Å². The highest BCUT2D eigenvalue weighted by Crippen LogP contribution is 2.36. The fraction of sp³-hybridized carbons (Fsp3) is 0.545. The molecule has 1 aliphatic heterocycles. The van der Waals surface area contributed by atoms with Crippen LogP contribution in [-0.4, -0.2) is 30.5 Å². The Morgan fingerprint density at radius 1 is 1.60 bits per heavy atom. The van der Waals surface area contributed by atoms with Crippen LogP contribution >= 0.6 is 0 Å². The Labute approximate surface area is 88.6 Å². The molecule has 1 unspecified atom stereocenters. The van der Waals surface area contributed by atoms with Gasteiger partial charge in [-0.2, -0.15) is 0 Å². The molecule has 4 nitrogen and oxygen atoms in total. The largest absolute Gasteiger partial charge is 0.465 e. The monoisotopic (exact) mass is 209 g/mol. The number of allylic oxidation sites excluding steroid dienone is 3. The van der Waals surface area contributed by atoms with Crippen molar-refractivity contribution in [2.45, 2.75) is 18.9 Å². The standard InChI is InChI=1S/C11H15NO3/c13-10(14)12-8-11(6-9-7-15-9)4-2-1-3-5-11/h1-4,9,12H,5-8H2,(H,13,14)/t9?,11-/m0/s1. The van der Waals surface area contributed by atoms with E-state index in [0.29, 0.717) is 12.6 Å². The molecule has 2 aliphatic rings. The van der Waals surface area contributed by atoms with Crippen LogP contribution in [0.3, 0.4) is 0 Å². The summed E-state index contributed by atoms with van der Waals surface area (Å²) in [6.45, 7) is 1.27. The van der Waals surface area contributed by atoms with Crippen molar-refractivity contribution in [3.05, 3.63) is 24.3 Å². The number of amides is 1. The van der Waals surface area contributed by atoms with Crippen LogP contribution in [0.5, 0.6) is 0 Å². The number of nitrogens with one attached hydrogen (secondary N) is 1. The van der Waals surface area contributed by atoms with E-state index in [0.717, 1.165) is 19.4 Å². The number of epoxide rings is 1. The number of rotatable bonds is 4. The molecule has 1 aliphatic carbocycles. The summed E-state index contributed by atoms with van der Waals surface area (Å²) in [5, 5.41) is 11.1. The van der Waals surface area contributed by atoms with Gasteiger partial charge in [0.15, 0.2) is 0 Å². The fourth-order valence-corrected chi connectivity index (χ4v) is 1.95. The highest BCUT2D eigenvalue weighted by Gasteiger charge is 2.36. The lowest BCUT2D eigenvalue weighted by molar-refractivity contribution is 0.186. The fourth-order valence-electron chi connectivity index (χ4n) is 1.95. The number of ether oxygens (including phenoxy) is 1. The second-order valence-electron chi connectivity index (χ2n) is 4.17. The molecule has 0 aromatic carbocycles. The normalized spacial score (nSPS) is 32.7. The van der Waals surface area contributed by atoms with Gasteiger partial charge in [0.25, 0.3) is 0 Å². The molecule has 0 saturated carbocycles. The van der Waals surface area contributed by atoms with Crippen LogP contribution in [0.1, 0.15) is 12.8 Å². The van der Waals surface area contributed by atoms with E-state index in [-0.39, 0.29) is 5.41 Å². The Morgan fingerprint density at radius 3 is 2.93 bits per heavy atom. The zero-order chi connectivity index (χ0) is 10.7. The van der Waals surface area contributed by atoms with Gasteiger partial charge in [-0.1, -0.05) is 24.3 Å². The molecule has 0 aromatic rings. The molecule has 1 fully saturated rings. The predicted molar refractivity (Wildman–Crippen MR) is 55.7 cm³/mol. The molecule has 1 heterocycles. The third-order valence-corrected chi connectivity index (χ3v) is 2.85. The van der Waals surface area contributed by atoms with Crippen LogP contribution < -0.4 is 5.32 Å². The SMILES string of the molecule is O=C(O)NC[C@@]1(CC2CO2)C=CC=CC1. The Bertz CT molecular complexity index is 307. The van der Waals surface area contributed by atoms with Gasteiger partial charge >= 0.3 is 6.09 Å². The molecule has 0 radical (unpaired) electrons. The molecule has 0 bridgehead atoms. The zero-order valence-electron chi connectivity index (χ0n) is 8.48. The lowest BCUT2D eigenvalue weighted by Crippen LogP contribution is -2.37. The Hall–Kier alpha value is -1.29. The lowest BCUT2D eigenvalue weighted by atomic mass is 9.77. The average molecular weight is 209 g/mol. The van der Waals surface area contributed by atoms with Gasteiger partial charge in [-0.15, -0.1) is 0 Å². The smallest absolute Gasteiger partial charge is 0.404 e.